The molecule has 3 aliphatic heterocycles. The molecule has 1 amide bonds. The van der Waals surface area contributed by atoms with Crippen LogP contribution in [-0.4, -0.2) is 79.1 Å². The van der Waals surface area contributed by atoms with Crippen molar-refractivity contribution in [3.05, 3.63) is 35.9 Å². The van der Waals surface area contributed by atoms with Gasteiger partial charge in [-0.05, 0) is 37.8 Å². The van der Waals surface area contributed by atoms with E-state index in [1.54, 1.807) is 0 Å². The third kappa shape index (κ3) is 4.27. The lowest BCUT2D eigenvalue weighted by molar-refractivity contribution is -0.138. The standard InChI is InChI=1S/C23H35N3O2/c1-2-16-28-17-15-24-11-13-25(14-12-24)23(27)20-18-22(19-7-4-3-5-8-19)26-10-6-9-21(20)26/h3-5,7-8,20-22H,2,6,9-18H2,1H3/t20-,21+,22-/m1/s1. The minimum absolute atomic E-state index is 0.173. The summed E-state index contributed by atoms with van der Waals surface area (Å²) in [5.41, 5.74) is 1.38. The van der Waals surface area contributed by atoms with Crippen LogP contribution in [0.4, 0.5) is 0 Å². The van der Waals surface area contributed by atoms with Crippen LogP contribution in [0.25, 0.3) is 0 Å². The Hall–Kier alpha value is -1.43. The molecule has 0 saturated carbocycles. The number of hydrogen-bond donors (Lipinski definition) is 0. The Morgan fingerprint density at radius 2 is 1.86 bits per heavy atom. The molecule has 5 heteroatoms. The Morgan fingerprint density at radius 3 is 2.61 bits per heavy atom. The highest BCUT2D eigenvalue weighted by atomic mass is 16.5. The van der Waals surface area contributed by atoms with Crippen LogP contribution in [-0.2, 0) is 9.53 Å². The van der Waals surface area contributed by atoms with E-state index in [0.29, 0.717) is 18.0 Å². The summed E-state index contributed by atoms with van der Waals surface area (Å²) in [6.45, 7) is 9.60. The molecule has 1 aromatic carbocycles. The quantitative estimate of drug-likeness (QED) is 0.676. The van der Waals surface area contributed by atoms with E-state index >= 15 is 0 Å². The van der Waals surface area contributed by atoms with Crippen molar-refractivity contribution in [3.8, 4) is 0 Å². The molecule has 3 fully saturated rings. The first kappa shape index (κ1) is 19.9. The molecule has 3 saturated heterocycles. The first-order valence-corrected chi connectivity index (χ1v) is 11.2. The maximum Gasteiger partial charge on any atom is 0.227 e. The normalized spacial score (nSPS) is 28.6. The molecule has 3 heterocycles. The first-order valence-electron chi connectivity index (χ1n) is 11.2. The highest BCUT2D eigenvalue weighted by Crippen LogP contribution is 2.45. The molecule has 154 valence electrons. The van der Waals surface area contributed by atoms with Crippen molar-refractivity contribution in [1.82, 2.24) is 14.7 Å². The Labute approximate surface area is 169 Å². The smallest absolute Gasteiger partial charge is 0.227 e. The lowest BCUT2D eigenvalue weighted by atomic mass is 9.93. The lowest BCUT2D eigenvalue weighted by Crippen LogP contribution is -2.52. The minimum atomic E-state index is 0.173. The molecule has 1 aromatic rings. The Balaban J connectivity index is 1.32. The average Bonchev–Trinajstić information content (AvgIpc) is 3.35. The van der Waals surface area contributed by atoms with E-state index in [1.165, 1.54) is 18.4 Å². The number of ether oxygens (including phenoxy) is 1. The van der Waals surface area contributed by atoms with Crippen molar-refractivity contribution < 1.29 is 9.53 Å². The zero-order valence-electron chi connectivity index (χ0n) is 17.3. The highest BCUT2D eigenvalue weighted by Gasteiger charge is 2.48. The van der Waals surface area contributed by atoms with E-state index in [2.05, 4.69) is 52.0 Å². The van der Waals surface area contributed by atoms with Crippen molar-refractivity contribution in [2.24, 2.45) is 5.92 Å². The highest BCUT2D eigenvalue weighted by molar-refractivity contribution is 5.80. The molecule has 0 aliphatic carbocycles. The van der Waals surface area contributed by atoms with Gasteiger partial charge in [-0.3, -0.25) is 14.6 Å². The molecule has 28 heavy (non-hydrogen) atoms. The molecule has 0 unspecified atom stereocenters. The van der Waals surface area contributed by atoms with Gasteiger partial charge in [0.15, 0.2) is 0 Å². The van der Waals surface area contributed by atoms with Crippen molar-refractivity contribution in [2.75, 3.05) is 52.5 Å². The average molecular weight is 386 g/mol. The predicted molar refractivity (Wildman–Crippen MR) is 111 cm³/mol. The zero-order valence-corrected chi connectivity index (χ0v) is 17.3. The van der Waals surface area contributed by atoms with Crippen LogP contribution in [0.3, 0.4) is 0 Å². The van der Waals surface area contributed by atoms with Crippen LogP contribution < -0.4 is 0 Å². The number of rotatable bonds is 7. The van der Waals surface area contributed by atoms with Crippen molar-refractivity contribution >= 4 is 5.91 Å². The van der Waals surface area contributed by atoms with E-state index in [1.807, 2.05) is 0 Å². The number of piperazine rings is 1. The summed E-state index contributed by atoms with van der Waals surface area (Å²) >= 11 is 0. The van der Waals surface area contributed by atoms with Gasteiger partial charge < -0.3 is 9.64 Å². The molecule has 3 atom stereocenters. The first-order chi connectivity index (χ1) is 13.8. The van der Waals surface area contributed by atoms with Gasteiger partial charge in [0.2, 0.25) is 5.91 Å². The summed E-state index contributed by atoms with van der Waals surface area (Å²) in [5.74, 6) is 0.573. The molecule has 0 spiro atoms. The van der Waals surface area contributed by atoms with E-state index in [9.17, 15) is 4.79 Å². The fraction of sp³-hybridized carbons (Fsp3) is 0.696. The number of carbonyl (C=O) groups excluding carboxylic acids is 1. The summed E-state index contributed by atoms with van der Waals surface area (Å²) in [5, 5.41) is 0. The minimum Gasteiger partial charge on any atom is -0.380 e. The Bertz CT molecular complexity index is 630. The molecule has 0 bridgehead atoms. The van der Waals surface area contributed by atoms with Gasteiger partial charge in [-0.2, -0.15) is 0 Å². The van der Waals surface area contributed by atoms with E-state index in [-0.39, 0.29) is 5.92 Å². The molecular formula is C23H35N3O2. The summed E-state index contributed by atoms with van der Waals surface area (Å²) in [6, 6.07) is 11.6. The number of benzene rings is 1. The Morgan fingerprint density at radius 1 is 1.07 bits per heavy atom. The lowest BCUT2D eigenvalue weighted by Gasteiger charge is -2.36. The van der Waals surface area contributed by atoms with E-state index in [4.69, 9.17) is 4.74 Å². The predicted octanol–water partition coefficient (Wildman–Crippen LogP) is 2.78. The molecule has 0 aromatic heterocycles. The maximum atomic E-state index is 13.4. The van der Waals surface area contributed by atoms with Gasteiger partial charge in [-0.15, -0.1) is 0 Å². The monoisotopic (exact) mass is 385 g/mol. The van der Waals surface area contributed by atoms with Gasteiger partial charge >= 0.3 is 0 Å². The van der Waals surface area contributed by atoms with Gasteiger partial charge in [0.25, 0.3) is 0 Å². The summed E-state index contributed by atoms with van der Waals surface area (Å²) in [6.07, 6.45) is 4.46. The van der Waals surface area contributed by atoms with Crippen molar-refractivity contribution in [1.29, 1.82) is 0 Å². The summed E-state index contributed by atoms with van der Waals surface area (Å²) < 4.78 is 5.61. The molecule has 5 nitrogen and oxygen atoms in total. The number of carbonyl (C=O) groups is 1. The molecule has 4 rings (SSSR count). The Kier molecular flexibility index (Phi) is 6.65. The van der Waals surface area contributed by atoms with Gasteiger partial charge in [-0.25, -0.2) is 0 Å². The number of hydrogen-bond acceptors (Lipinski definition) is 4. The fourth-order valence-electron chi connectivity index (χ4n) is 5.30. The molecule has 3 aliphatic rings. The van der Waals surface area contributed by atoms with Gasteiger partial charge in [0, 0.05) is 51.4 Å². The van der Waals surface area contributed by atoms with Crippen LogP contribution >= 0.6 is 0 Å². The summed E-state index contributed by atoms with van der Waals surface area (Å²) in [4.78, 5) is 20.6. The number of nitrogens with zero attached hydrogens (tertiary/aromatic N) is 3. The van der Waals surface area contributed by atoms with Gasteiger partial charge in [-0.1, -0.05) is 37.3 Å². The number of amides is 1. The SMILES string of the molecule is CCCOCCN1CCN(C(=O)[C@@H]2C[C@H](c3ccccc3)N3CCC[C@@H]23)CC1. The largest absolute Gasteiger partial charge is 0.380 e. The van der Waals surface area contributed by atoms with Crippen LogP contribution in [0.5, 0.6) is 0 Å². The molecule has 0 radical (unpaired) electrons. The van der Waals surface area contributed by atoms with Crippen LogP contribution in [0.1, 0.15) is 44.2 Å². The maximum absolute atomic E-state index is 13.4. The topological polar surface area (TPSA) is 36.0 Å². The molecular weight excluding hydrogens is 350 g/mol. The van der Waals surface area contributed by atoms with Crippen molar-refractivity contribution in [3.63, 3.8) is 0 Å². The second-order valence-corrected chi connectivity index (χ2v) is 8.50. The van der Waals surface area contributed by atoms with Crippen LogP contribution in [0, 0.1) is 5.92 Å². The van der Waals surface area contributed by atoms with E-state index < -0.39 is 0 Å². The van der Waals surface area contributed by atoms with Crippen LogP contribution in [0.2, 0.25) is 0 Å². The molecule has 0 N–H and O–H groups in total. The second-order valence-electron chi connectivity index (χ2n) is 8.50. The van der Waals surface area contributed by atoms with Crippen molar-refractivity contribution in [2.45, 2.75) is 44.7 Å². The summed E-state index contributed by atoms with van der Waals surface area (Å²) in [7, 11) is 0. The van der Waals surface area contributed by atoms with Crippen LogP contribution in [0.15, 0.2) is 30.3 Å². The van der Waals surface area contributed by atoms with Gasteiger partial charge in [0.05, 0.1) is 12.5 Å². The van der Waals surface area contributed by atoms with E-state index in [0.717, 1.165) is 65.3 Å². The number of fused-ring (bicyclic) bond motifs is 1. The van der Waals surface area contributed by atoms with Gasteiger partial charge in [0.1, 0.15) is 0 Å². The fourth-order valence-corrected chi connectivity index (χ4v) is 5.30. The zero-order chi connectivity index (χ0) is 19.3. The third-order valence-corrected chi connectivity index (χ3v) is 6.77. The second kappa shape index (κ2) is 9.38. The third-order valence-electron chi connectivity index (χ3n) is 6.77.